The summed E-state index contributed by atoms with van der Waals surface area (Å²) < 4.78 is 4.80. The Morgan fingerprint density at radius 3 is 2.26 bits per heavy atom. The number of hydrogen-bond acceptors (Lipinski definition) is 5. The van der Waals surface area contributed by atoms with E-state index in [-0.39, 0.29) is 55.3 Å². The van der Waals surface area contributed by atoms with Crippen LogP contribution in [0.1, 0.15) is 52.4 Å². The average molecular weight is 326 g/mol. The number of nitrogens with one attached hydrogen (secondary N) is 1. The molecule has 0 aliphatic carbocycles. The van der Waals surface area contributed by atoms with E-state index in [4.69, 9.17) is 4.74 Å². The zero-order chi connectivity index (χ0) is 17.2. The van der Waals surface area contributed by atoms with Crippen LogP contribution in [0.15, 0.2) is 0 Å². The Balaban J connectivity index is 2.24. The van der Waals surface area contributed by atoms with Gasteiger partial charge in [-0.15, -0.1) is 0 Å². The van der Waals surface area contributed by atoms with Gasteiger partial charge in [0, 0.05) is 38.4 Å². The van der Waals surface area contributed by atoms with E-state index < -0.39 is 0 Å². The van der Waals surface area contributed by atoms with Gasteiger partial charge in [0.25, 0.3) is 0 Å². The lowest BCUT2D eigenvalue weighted by Crippen LogP contribution is -2.46. The van der Waals surface area contributed by atoms with Gasteiger partial charge < -0.3 is 19.7 Å². The van der Waals surface area contributed by atoms with E-state index in [0.29, 0.717) is 32.5 Å². The highest BCUT2D eigenvalue weighted by molar-refractivity contribution is 5.84. The number of carbonyl (C=O) groups is 4. The number of ketones is 1. The van der Waals surface area contributed by atoms with Gasteiger partial charge >= 0.3 is 5.97 Å². The Labute approximate surface area is 136 Å². The van der Waals surface area contributed by atoms with Crippen LogP contribution in [0.4, 0.5) is 0 Å². The quantitative estimate of drug-likeness (QED) is 0.666. The van der Waals surface area contributed by atoms with Crippen LogP contribution in [0.3, 0.4) is 0 Å². The van der Waals surface area contributed by atoms with Crippen molar-refractivity contribution in [1.82, 2.24) is 10.2 Å². The van der Waals surface area contributed by atoms with Gasteiger partial charge in [-0.1, -0.05) is 0 Å². The normalized spacial score (nSPS) is 15.1. The molecular formula is C16H26N2O5. The number of piperidine rings is 1. The van der Waals surface area contributed by atoms with Crippen molar-refractivity contribution in [3.63, 3.8) is 0 Å². The Morgan fingerprint density at radius 1 is 1.04 bits per heavy atom. The number of amides is 2. The van der Waals surface area contributed by atoms with E-state index in [1.54, 1.807) is 11.8 Å². The fraction of sp³-hybridized carbons (Fsp3) is 0.750. The Morgan fingerprint density at radius 2 is 1.70 bits per heavy atom. The summed E-state index contributed by atoms with van der Waals surface area (Å²) in [5.74, 6) is -0.526. The fourth-order valence-electron chi connectivity index (χ4n) is 2.46. The van der Waals surface area contributed by atoms with E-state index in [9.17, 15) is 19.2 Å². The number of carbonyl (C=O) groups excluding carboxylic acids is 4. The summed E-state index contributed by atoms with van der Waals surface area (Å²) in [5.41, 5.74) is 0. The first-order chi connectivity index (χ1) is 10.9. The summed E-state index contributed by atoms with van der Waals surface area (Å²) in [6.45, 7) is 4.66. The number of rotatable bonds is 8. The molecule has 1 aliphatic rings. The van der Waals surface area contributed by atoms with Crippen LogP contribution >= 0.6 is 0 Å². The van der Waals surface area contributed by atoms with Crippen LogP contribution in [-0.2, 0) is 23.9 Å². The third-order valence-electron chi connectivity index (χ3n) is 3.77. The molecule has 2 amide bonds. The van der Waals surface area contributed by atoms with Crippen LogP contribution in [-0.4, -0.2) is 54.2 Å². The molecule has 0 bridgehead atoms. The van der Waals surface area contributed by atoms with Gasteiger partial charge in [-0.25, -0.2) is 0 Å². The fourth-order valence-corrected chi connectivity index (χ4v) is 2.46. The van der Waals surface area contributed by atoms with Gasteiger partial charge in [0.2, 0.25) is 11.8 Å². The topological polar surface area (TPSA) is 92.8 Å². The first kappa shape index (κ1) is 19.1. The third kappa shape index (κ3) is 7.76. The molecular weight excluding hydrogens is 300 g/mol. The Bertz CT molecular complexity index is 442. The molecule has 1 aliphatic heterocycles. The van der Waals surface area contributed by atoms with Gasteiger partial charge in [-0.05, 0) is 26.7 Å². The highest BCUT2D eigenvalue weighted by Crippen LogP contribution is 2.12. The molecule has 7 nitrogen and oxygen atoms in total. The van der Waals surface area contributed by atoms with Gasteiger partial charge in [0.1, 0.15) is 5.78 Å². The summed E-state index contributed by atoms with van der Waals surface area (Å²) in [6, 6.07) is 0.0450. The minimum absolute atomic E-state index is 0.00201. The maximum Gasteiger partial charge on any atom is 0.306 e. The SMILES string of the molecule is CCOC(=O)CCC(=O)N1CCC(NC(=O)CCC(C)=O)CC1. The van der Waals surface area contributed by atoms with Gasteiger partial charge in [-0.2, -0.15) is 0 Å². The molecule has 7 heteroatoms. The van der Waals surface area contributed by atoms with Crippen molar-refractivity contribution in [3.05, 3.63) is 0 Å². The maximum absolute atomic E-state index is 12.0. The molecule has 0 aromatic carbocycles. The summed E-state index contributed by atoms with van der Waals surface area (Å²) >= 11 is 0. The van der Waals surface area contributed by atoms with E-state index in [1.807, 2.05) is 0 Å². The first-order valence-electron chi connectivity index (χ1n) is 8.14. The number of esters is 1. The smallest absolute Gasteiger partial charge is 0.306 e. The van der Waals surface area contributed by atoms with Crippen molar-refractivity contribution in [3.8, 4) is 0 Å². The molecule has 0 atom stereocenters. The monoisotopic (exact) mass is 326 g/mol. The second kappa shape index (κ2) is 9.97. The number of hydrogen-bond donors (Lipinski definition) is 1. The molecule has 0 saturated carbocycles. The predicted molar refractivity (Wildman–Crippen MR) is 83.5 cm³/mol. The molecule has 0 unspecified atom stereocenters. The van der Waals surface area contributed by atoms with Crippen LogP contribution in [0.25, 0.3) is 0 Å². The second-order valence-corrected chi connectivity index (χ2v) is 5.73. The van der Waals surface area contributed by atoms with E-state index in [0.717, 1.165) is 0 Å². The van der Waals surface area contributed by atoms with Gasteiger partial charge in [-0.3, -0.25) is 14.4 Å². The van der Waals surface area contributed by atoms with Gasteiger partial charge in [0.15, 0.2) is 0 Å². The lowest BCUT2D eigenvalue weighted by atomic mass is 10.0. The molecule has 1 saturated heterocycles. The number of nitrogens with zero attached hydrogens (tertiary/aromatic N) is 1. The molecule has 1 heterocycles. The van der Waals surface area contributed by atoms with Crippen LogP contribution in [0, 0.1) is 0 Å². The number of Topliss-reactive ketones (excluding diaryl/α,β-unsaturated/α-hetero) is 1. The summed E-state index contributed by atoms with van der Waals surface area (Å²) in [6.07, 6.45) is 2.13. The highest BCUT2D eigenvalue weighted by atomic mass is 16.5. The Hall–Kier alpha value is -1.92. The molecule has 1 rings (SSSR count). The molecule has 0 spiro atoms. The molecule has 23 heavy (non-hydrogen) atoms. The van der Waals surface area contributed by atoms with Crippen molar-refractivity contribution in [2.75, 3.05) is 19.7 Å². The maximum atomic E-state index is 12.0. The summed E-state index contributed by atoms with van der Waals surface area (Å²) in [7, 11) is 0. The van der Waals surface area contributed by atoms with Crippen LogP contribution in [0.5, 0.6) is 0 Å². The second-order valence-electron chi connectivity index (χ2n) is 5.73. The van der Waals surface area contributed by atoms with Crippen molar-refractivity contribution >= 4 is 23.6 Å². The van der Waals surface area contributed by atoms with Crippen LogP contribution < -0.4 is 5.32 Å². The minimum atomic E-state index is -0.353. The van der Waals surface area contributed by atoms with Gasteiger partial charge in [0.05, 0.1) is 13.0 Å². The van der Waals surface area contributed by atoms with Crippen LogP contribution in [0.2, 0.25) is 0 Å². The first-order valence-corrected chi connectivity index (χ1v) is 8.14. The summed E-state index contributed by atoms with van der Waals surface area (Å²) in [4.78, 5) is 47.5. The lowest BCUT2D eigenvalue weighted by molar-refractivity contribution is -0.146. The number of likely N-dealkylation sites (tertiary alicyclic amines) is 1. The summed E-state index contributed by atoms with van der Waals surface area (Å²) in [5, 5.41) is 2.90. The average Bonchev–Trinajstić information content (AvgIpc) is 2.51. The number of ether oxygens (including phenoxy) is 1. The Kier molecular flexibility index (Phi) is 8.29. The molecule has 1 fully saturated rings. The highest BCUT2D eigenvalue weighted by Gasteiger charge is 2.24. The van der Waals surface area contributed by atoms with E-state index in [1.165, 1.54) is 6.92 Å². The molecule has 1 N–H and O–H groups in total. The third-order valence-corrected chi connectivity index (χ3v) is 3.77. The predicted octanol–water partition coefficient (Wildman–Crippen LogP) is 0.806. The molecule has 0 aromatic rings. The van der Waals surface area contributed by atoms with Crippen molar-refractivity contribution in [1.29, 1.82) is 0 Å². The molecule has 0 aromatic heterocycles. The molecule has 0 radical (unpaired) electrons. The molecule has 130 valence electrons. The lowest BCUT2D eigenvalue weighted by Gasteiger charge is -2.32. The largest absolute Gasteiger partial charge is 0.466 e. The van der Waals surface area contributed by atoms with Crippen molar-refractivity contribution < 1.29 is 23.9 Å². The van der Waals surface area contributed by atoms with Crippen molar-refractivity contribution in [2.24, 2.45) is 0 Å². The standard InChI is InChI=1S/C16H26N2O5/c1-3-23-16(22)7-6-15(21)18-10-8-13(9-11-18)17-14(20)5-4-12(2)19/h13H,3-11H2,1-2H3,(H,17,20). The van der Waals surface area contributed by atoms with E-state index >= 15 is 0 Å². The van der Waals surface area contributed by atoms with Crippen molar-refractivity contribution in [2.45, 2.75) is 58.4 Å². The minimum Gasteiger partial charge on any atom is -0.466 e. The zero-order valence-corrected chi connectivity index (χ0v) is 13.9. The zero-order valence-electron chi connectivity index (χ0n) is 13.9. The van der Waals surface area contributed by atoms with E-state index in [2.05, 4.69) is 5.32 Å².